The highest BCUT2D eigenvalue weighted by atomic mass is 32.1. The Morgan fingerprint density at radius 1 is 1.03 bits per heavy atom. The molecule has 3 N–H and O–H groups in total. The van der Waals surface area contributed by atoms with Crippen molar-refractivity contribution in [2.75, 3.05) is 5.32 Å². The lowest BCUT2D eigenvalue weighted by molar-refractivity contribution is -0.123. The predicted octanol–water partition coefficient (Wildman–Crippen LogP) is 5.90. The highest BCUT2D eigenvalue weighted by Gasteiger charge is 2.24. The number of hydrogen-bond acceptors (Lipinski definition) is 7. The molecule has 1 aromatic carbocycles. The van der Waals surface area contributed by atoms with Gasteiger partial charge >= 0.3 is 0 Å². The maximum atomic E-state index is 12.5. The van der Waals surface area contributed by atoms with Crippen LogP contribution in [0.1, 0.15) is 42.7 Å². The standard InChI is InChI=1S/C29H27N7OS/c1-16-8-11-22(38-16)25-24-21(12-13-30-25)34-27(35-24)26-23-18(15-31-36-26)9-10-20(33-23)17-6-5-7-19(14-17)32-28(37)29(2,3)4/h5-14,31H,15H2,1-4H3,(H,32,37)(H,34,35). The molecule has 0 saturated heterocycles. The van der Waals surface area contributed by atoms with Crippen molar-refractivity contribution in [3.8, 4) is 21.8 Å². The molecule has 8 nitrogen and oxygen atoms in total. The third-order valence-electron chi connectivity index (χ3n) is 6.36. The Balaban J connectivity index is 1.38. The van der Waals surface area contributed by atoms with Crippen molar-refractivity contribution < 1.29 is 4.79 Å². The molecule has 6 rings (SSSR count). The first-order valence-electron chi connectivity index (χ1n) is 12.4. The van der Waals surface area contributed by atoms with Crippen molar-refractivity contribution >= 4 is 39.7 Å². The van der Waals surface area contributed by atoms with E-state index >= 15 is 0 Å². The number of hydrazone groups is 1. The van der Waals surface area contributed by atoms with Crippen molar-refractivity contribution in [3.05, 3.63) is 82.8 Å². The number of rotatable bonds is 4. The van der Waals surface area contributed by atoms with E-state index < -0.39 is 5.41 Å². The molecule has 1 amide bonds. The third-order valence-corrected chi connectivity index (χ3v) is 7.37. The molecule has 0 radical (unpaired) electrons. The Bertz CT molecular complexity index is 1720. The number of hydrogen-bond donors (Lipinski definition) is 3. The van der Waals surface area contributed by atoms with Gasteiger partial charge in [0.2, 0.25) is 5.91 Å². The summed E-state index contributed by atoms with van der Waals surface area (Å²) >= 11 is 1.70. The minimum absolute atomic E-state index is 0.0370. The van der Waals surface area contributed by atoms with Crippen LogP contribution in [0.3, 0.4) is 0 Å². The Kier molecular flexibility index (Phi) is 5.80. The maximum Gasteiger partial charge on any atom is 0.229 e. The van der Waals surface area contributed by atoms with Crippen LogP contribution in [-0.2, 0) is 11.3 Å². The van der Waals surface area contributed by atoms with Crippen molar-refractivity contribution in [1.29, 1.82) is 0 Å². The predicted molar refractivity (Wildman–Crippen MR) is 152 cm³/mol. The summed E-state index contributed by atoms with van der Waals surface area (Å²) in [6.45, 7) is 8.34. The molecule has 5 heterocycles. The van der Waals surface area contributed by atoms with E-state index in [1.54, 1.807) is 17.5 Å². The molecule has 190 valence electrons. The summed E-state index contributed by atoms with van der Waals surface area (Å²) in [5.74, 6) is 0.594. The first-order valence-corrected chi connectivity index (χ1v) is 13.2. The lowest BCUT2D eigenvalue weighted by Gasteiger charge is -2.18. The third kappa shape index (κ3) is 4.45. The Morgan fingerprint density at radius 2 is 1.89 bits per heavy atom. The number of amides is 1. The van der Waals surface area contributed by atoms with Crippen molar-refractivity contribution in [2.45, 2.75) is 34.2 Å². The molecule has 0 saturated carbocycles. The molecular weight excluding hydrogens is 494 g/mol. The average molecular weight is 522 g/mol. The topological polar surface area (TPSA) is 108 Å². The number of nitrogens with zero attached hydrogens (tertiary/aromatic N) is 4. The van der Waals surface area contributed by atoms with E-state index in [0.29, 0.717) is 18.1 Å². The molecule has 0 aliphatic carbocycles. The molecule has 1 aliphatic rings. The van der Waals surface area contributed by atoms with Crippen LogP contribution in [0.2, 0.25) is 0 Å². The largest absolute Gasteiger partial charge is 0.336 e. The number of carbonyl (C=O) groups excluding carboxylic acids is 1. The first kappa shape index (κ1) is 24.0. The van der Waals surface area contributed by atoms with Gasteiger partial charge in [0.1, 0.15) is 11.2 Å². The van der Waals surface area contributed by atoms with Crippen molar-refractivity contribution in [3.63, 3.8) is 0 Å². The number of pyridine rings is 2. The van der Waals surface area contributed by atoms with Crippen LogP contribution in [0.25, 0.3) is 32.9 Å². The van der Waals surface area contributed by atoms with Crippen LogP contribution in [0.15, 0.2) is 65.9 Å². The summed E-state index contributed by atoms with van der Waals surface area (Å²) in [6.07, 6.45) is 1.80. The van der Waals surface area contributed by atoms with Gasteiger partial charge in [-0.15, -0.1) is 11.3 Å². The van der Waals surface area contributed by atoms with E-state index in [2.05, 4.69) is 50.9 Å². The van der Waals surface area contributed by atoms with Gasteiger partial charge in [0, 0.05) is 33.3 Å². The summed E-state index contributed by atoms with van der Waals surface area (Å²) in [7, 11) is 0. The minimum atomic E-state index is -0.483. The minimum Gasteiger partial charge on any atom is -0.336 e. The van der Waals surface area contributed by atoms with Crippen LogP contribution in [-0.4, -0.2) is 31.6 Å². The van der Waals surface area contributed by atoms with Crippen LogP contribution in [0.4, 0.5) is 5.69 Å². The van der Waals surface area contributed by atoms with Gasteiger partial charge in [-0.1, -0.05) is 39.0 Å². The Hall–Kier alpha value is -4.37. The number of anilines is 1. The van der Waals surface area contributed by atoms with Gasteiger partial charge in [-0.05, 0) is 43.3 Å². The van der Waals surface area contributed by atoms with Crippen LogP contribution in [0, 0.1) is 12.3 Å². The SMILES string of the molecule is Cc1ccc(-c2nccc3[nH]c(C4=NNCc5ccc(-c6cccc(NC(=O)C(C)(C)C)c6)nc54)nc23)s1. The number of carbonyl (C=O) groups is 1. The van der Waals surface area contributed by atoms with E-state index in [9.17, 15) is 4.79 Å². The molecule has 5 aromatic rings. The zero-order chi connectivity index (χ0) is 26.4. The number of H-pyrrole nitrogens is 1. The summed E-state index contributed by atoms with van der Waals surface area (Å²) in [4.78, 5) is 32.8. The fourth-order valence-electron chi connectivity index (χ4n) is 4.28. The van der Waals surface area contributed by atoms with E-state index in [0.717, 1.165) is 49.8 Å². The molecule has 9 heteroatoms. The number of benzene rings is 1. The Morgan fingerprint density at radius 3 is 2.68 bits per heavy atom. The zero-order valence-electron chi connectivity index (χ0n) is 21.6. The number of imidazole rings is 1. The van der Waals surface area contributed by atoms with E-state index in [4.69, 9.17) is 9.97 Å². The van der Waals surface area contributed by atoms with Crippen LogP contribution in [0.5, 0.6) is 0 Å². The number of fused-ring (bicyclic) bond motifs is 2. The fourth-order valence-corrected chi connectivity index (χ4v) is 5.15. The second-order valence-electron chi connectivity index (χ2n) is 10.3. The summed E-state index contributed by atoms with van der Waals surface area (Å²) in [6, 6.07) is 17.9. The molecule has 0 fully saturated rings. The van der Waals surface area contributed by atoms with Gasteiger partial charge in [0.15, 0.2) is 11.5 Å². The molecule has 1 aliphatic heterocycles. The molecule has 38 heavy (non-hydrogen) atoms. The number of aryl methyl sites for hydroxylation is 1. The van der Waals surface area contributed by atoms with E-state index in [1.807, 2.05) is 57.2 Å². The summed E-state index contributed by atoms with van der Waals surface area (Å²) < 4.78 is 0. The maximum absolute atomic E-state index is 12.5. The van der Waals surface area contributed by atoms with E-state index in [1.165, 1.54) is 4.88 Å². The molecule has 0 spiro atoms. The quantitative estimate of drug-likeness (QED) is 0.273. The van der Waals surface area contributed by atoms with Gasteiger partial charge in [-0.2, -0.15) is 5.10 Å². The normalized spacial score (nSPS) is 13.1. The smallest absolute Gasteiger partial charge is 0.229 e. The average Bonchev–Trinajstić information content (AvgIpc) is 3.54. The lowest BCUT2D eigenvalue weighted by Crippen LogP contribution is -2.27. The number of aromatic nitrogens is 4. The van der Waals surface area contributed by atoms with Gasteiger partial charge in [-0.25, -0.2) is 9.97 Å². The van der Waals surface area contributed by atoms with Gasteiger partial charge in [0.25, 0.3) is 0 Å². The number of aromatic amines is 1. The van der Waals surface area contributed by atoms with Gasteiger partial charge in [0.05, 0.1) is 28.3 Å². The molecule has 0 bridgehead atoms. The van der Waals surface area contributed by atoms with Gasteiger partial charge in [-0.3, -0.25) is 9.78 Å². The second-order valence-corrected chi connectivity index (χ2v) is 11.6. The molecular formula is C29H27N7OS. The highest BCUT2D eigenvalue weighted by molar-refractivity contribution is 7.15. The second kappa shape index (κ2) is 9.18. The lowest BCUT2D eigenvalue weighted by atomic mass is 9.95. The monoisotopic (exact) mass is 521 g/mol. The fraction of sp³-hybridized carbons (Fsp3) is 0.207. The zero-order valence-corrected chi connectivity index (χ0v) is 22.4. The summed E-state index contributed by atoms with van der Waals surface area (Å²) in [5.41, 5.74) is 10.1. The number of thiophene rings is 1. The Labute approximate surface area is 224 Å². The van der Waals surface area contributed by atoms with Crippen LogP contribution >= 0.6 is 11.3 Å². The van der Waals surface area contributed by atoms with E-state index in [-0.39, 0.29) is 5.91 Å². The van der Waals surface area contributed by atoms with Crippen LogP contribution < -0.4 is 10.7 Å². The first-order chi connectivity index (χ1) is 18.3. The van der Waals surface area contributed by atoms with Crippen molar-refractivity contribution in [1.82, 2.24) is 25.4 Å². The molecule has 0 unspecified atom stereocenters. The number of nitrogens with one attached hydrogen (secondary N) is 3. The van der Waals surface area contributed by atoms with Crippen molar-refractivity contribution in [2.24, 2.45) is 10.5 Å². The molecule has 0 atom stereocenters. The summed E-state index contributed by atoms with van der Waals surface area (Å²) in [5, 5.41) is 7.60. The van der Waals surface area contributed by atoms with Gasteiger partial charge < -0.3 is 15.7 Å². The molecule has 4 aromatic heterocycles. The highest BCUT2D eigenvalue weighted by Crippen LogP contribution is 2.32.